The molecule has 5 nitrogen and oxygen atoms in total. The molecule has 28 heavy (non-hydrogen) atoms. The number of amides is 1. The van der Waals surface area contributed by atoms with Crippen LogP contribution in [-0.2, 0) is 10.2 Å². The molecule has 3 fully saturated rings. The minimum Gasteiger partial charge on any atom is -0.444 e. The molecular weight excluding hydrogens is 350 g/mol. The SMILES string of the molecule is CC(C)(C)OC(=O)NC(C#N)CC12CCC(c3ccc(C#N)cc3)(CC1)CC2. The summed E-state index contributed by atoms with van der Waals surface area (Å²) >= 11 is 0. The highest BCUT2D eigenvalue weighted by molar-refractivity contribution is 5.68. The van der Waals surface area contributed by atoms with E-state index in [0.29, 0.717) is 12.0 Å². The smallest absolute Gasteiger partial charge is 0.408 e. The van der Waals surface area contributed by atoms with Crippen molar-refractivity contribution in [3.63, 3.8) is 0 Å². The summed E-state index contributed by atoms with van der Waals surface area (Å²) in [6.07, 6.45) is 6.68. The van der Waals surface area contributed by atoms with Crippen molar-refractivity contribution in [2.45, 2.75) is 82.8 Å². The van der Waals surface area contributed by atoms with Gasteiger partial charge in [0.05, 0.1) is 17.7 Å². The fourth-order valence-electron chi connectivity index (χ4n) is 4.91. The summed E-state index contributed by atoms with van der Waals surface area (Å²) < 4.78 is 5.30. The fourth-order valence-corrected chi connectivity index (χ4v) is 4.91. The summed E-state index contributed by atoms with van der Waals surface area (Å²) in [7, 11) is 0. The first-order valence-corrected chi connectivity index (χ1v) is 10.1. The van der Waals surface area contributed by atoms with Crippen LogP contribution in [0.3, 0.4) is 0 Å². The van der Waals surface area contributed by atoms with E-state index in [9.17, 15) is 10.1 Å². The van der Waals surface area contributed by atoms with E-state index in [2.05, 4.69) is 29.6 Å². The number of fused-ring (bicyclic) bond motifs is 3. The number of hydrogen-bond donors (Lipinski definition) is 1. The van der Waals surface area contributed by atoms with E-state index in [4.69, 9.17) is 10.00 Å². The van der Waals surface area contributed by atoms with Gasteiger partial charge in [-0.1, -0.05) is 12.1 Å². The van der Waals surface area contributed by atoms with Crippen LogP contribution < -0.4 is 5.32 Å². The average Bonchev–Trinajstić information content (AvgIpc) is 2.67. The Kier molecular flexibility index (Phi) is 5.39. The molecule has 0 radical (unpaired) electrons. The number of alkyl carbamates (subject to hydrolysis) is 1. The summed E-state index contributed by atoms with van der Waals surface area (Å²) in [5.74, 6) is 0. The fraction of sp³-hybridized carbons (Fsp3) is 0.609. The first-order chi connectivity index (χ1) is 13.2. The Labute approximate surface area is 167 Å². The number of hydrogen-bond acceptors (Lipinski definition) is 4. The maximum absolute atomic E-state index is 12.1. The molecule has 2 bridgehead atoms. The van der Waals surface area contributed by atoms with Crippen LogP contribution in [0.4, 0.5) is 4.79 Å². The summed E-state index contributed by atoms with van der Waals surface area (Å²) in [6.45, 7) is 5.45. The van der Waals surface area contributed by atoms with Gasteiger partial charge in [0.2, 0.25) is 0 Å². The third-order valence-corrected chi connectivity index (χ3v) is 6.51. The Bertz CT molecular complexity index is 784. The van der Waals surface area contributed by atoms with Crippen molar-refractivity contribution >= 4 is 6.09 Å². The van der Waals surface area contributed by atoms with Gasteiger partial charge in [-0.3, -0.25) is 0 Å². The molecule has 0 heterocycles. The number of nitriles is 2. The third-order valence-electron chi connectivity index (χ3n) is 6.51. The zero-order valence-electron chi connectivity index (χ0n) is 17.0. The first-order valence-electron chi connectivity index (χ1n) is 10.1. The molecule has 1 N–H and O–H groups in total. The standard InChI is InChI=1S/C23H29N3O2/c1-21(2,3)28-20(27)26-19(16-25)14-22-8-11-23(12-9-22,13-10-22)18-6-4-17(15-24)5-7-18/h4-7,19H,8-14H2,1-3H3,(H,26,27). The lowest BCUT2D eigenvalue weighted by atomic mass is 9.50. The van der Waals surface area contributed by atoms with E-state index in [1.807, 2.05) is 32.9 Å². The minimum absolute atomic E-state index is 0.129. The summed E-state index contributed by atoms with van der Waals surface area (Å²) in [4.78, 5) is 12.1. The van der Waals surface area contributed by atoms with Crippen molar-refractivity contribution < 1.29 is 9.53 Å². The van der Waals surface area contributed by atoms with E-state index < -0.39 is 17.7 Å². The molecule has 1 amide bonds. The van der Waals surface area contributed by atoms with Crippen LogP contribution in [0, 0.1) is 28.1 Å². The van der Waals surface area contributed by atoms with Gasteiger partial charge in [-0.05, 0) is 94.2 Å². The zero-order valence-corrected chi connectivity index (χ0v) is 17.0. The molecule has 3 aliphatic carbocycles. The van der Waals surface area contributed by atoms with Gasteiger partial charge in [-0.2, -0.15) is 10.5 Å². The van der Waals surface area contributed by atoms with Gasteiger partial charge < -0.3 is 10.1 Å². The lowest BCUT2D eigenvalue weighted by Gasteiger charge is -2.54. The zero-order chi connectivity index (χ0) is 20.4. The van der Waals surface area contributed by atoms with E-state index in [1.165, 1.54) is 5.56 Å². The molecule has 1 aromatic carbocycles. The van der Waals surface area contributed by atoms with Crippen molar-refractivity contribution in [1.82, 2.24) is 5.32 Å². The average molecular weight is 380 g/mol. The maximum atomic E-state index is 12.1. The number of nitrogens with zero attached hydrogens (tertiary/aromatic N) is 2. The van der Waals surface area contributed by atoms with Crippen LogP contribution in [0.5, 0.6) is 0 Å². The van der Waals surface area contributed by atoms with E-state index in [1.54, 1.807) is 0 Å². The van der Waals surface area contributed by atoms with E-state index in [-0.39, 0.29) is 10.8 Å². The van der Waals surface area contributed by atoms with Crippen LogP contribution in [0.2, 0.25) is 0 Å². The Morgan fingerprint density at radius 2 is 1.68 bits per heavy atom. The third kappa shape index (κ3) is 4.30. The highest BCUT2D eigenvalue weighted by atomic mass is 16.6. The Morgan fingerprint density at radius 3 is 2.14 bits per heavy atom. The second kappa shape index (κ2) is 7.47. The molecule has 1 unspecified atom stereocenters. The molecule has 3 saturated carbocycles. The molecule has 1 atom stereocenters. The van der Waals surface area contributed by atoms with Crippen molar-refractivity contribution in [2.24, 2.45) is 5.41 Å². The Hall–Kier alpha value is -2.53. The Balaban J connectivity index is 1.63. The van der Waals surface area contributed by atoms with Crippen LogP contribution in [0.15, 0.2) is 24.3 Å². The maximum Gasteiger partial charge on any atom is 0.408 e. The number of benzene rings is 1. The number of ether oxygens (including phenoxy) is 1. The molecule has 3 aliphatic rings. The van der Waals surface area contributed by atoms with Gasteiger partial charge in [0.15, 0.2) is 0 Å². The lowest BCUT2D eigenvalue weighted by Crippen LogP contribution is -2.48. The number of nitrogens with one attached hydrogen (secondary N) is 1. The second-order valence-corrected chi connectivity index (χ2v) is 9.50. The van der Waals surface area contributed by atoms with Gasteiger partial charge in [0.25, 0.3) is 0 Å². The van der Waals surface area contributed by atoms with Crippen molar-refractivity contribution in [2.75, 3.05) is 0 Å². The van der Waals surface area contributed by atoms with E-state index in [0.717, 1.165) is 38.5 Å². The van der Waals surface area contributed by atoms with Crippen LogP contribution in [-0.4, -0.2) is 17.7 Å². The number of carbonyl (C=O) groups is 1. The Morgan fingerprint density at radius 1 is 1.11 bits per heavy atom. The van der Waals surface area contributed by atoms with Gasteiger partial charge >= 0.3 is 6.09 Å². The predicted octanol–water partition coefficient (Wildman–Crippen LogP) is 4.96. The molecule has 0 aromatic heterocycles. The molecule has 0 saturated heterocycles. The first kappa shape index (κ1) is 20.2. The van der Waals surface area contributed by atoms with Crippen molar-refractivity contribution in [1.29, 1.82) is 10.5 Å². The predicted molar refractivity (Wildman–Crippen MR) is 106 cm³/mol. The van der Waals surface area contributed by atoms with Gasteiger partial charge in [-0.15, -0.1) is 0 Å². The van der Waals surface area contributed by atoms with E-state index >= 15 is 0 Å². The molecule has 1 aromatic rings. The molecule has 0 spiro atoms. The monoisotopic (exact) mass is 379 g/mol. The second-order valence-electron chi connectivity index (χ2n) is 9.50. The topological polar surface area (TPSA) is 85.9 Å². The molecule has 5 heteroatoms. The quantitative estimate of drug-likeness (QED) is 0.801. The normalized spacial score (nSPS) is 27.3. The lowest BCUT2D eigenvalue weighted by molar-refractivity contribution is 0.0236. The molecule has 148 valence electrons. The van der Waals surface area contributed by atoms with Crippen molar-refractivity contribution in [3.8, 4) is 12.1 Å². The van der Waals surface area contributed by atoms with Crippen LogP contribution in [0.1, 0.15) is 76.8 Å². The van der Waals surface area contributed by atoms with Crippen LogP contribution >= 0.6 is 0 Å². The van der Waals surface area contributed by atoms with Crippen molar-refractivity contribution in [3.05, 3.63) is 35.4 Å². The van der Waals surface area contributed by atoms with Gasteiger partial charge in [0.1, 0.15) is 11.6 Å². The van der Waals surface area contributed by atoms with Crippen LogP contribution in [0.25, 0.3) is 0 Å². The summed E-state index contributed by atoms with van der Waals surface area (Å²) in [6, 6.07) is 12.0. The largest absolute Gasteiger partial charge is 0.444 e. The summed E-state index contributed by atoms with van der Waals surface area (Å²) in [5.41, 5.74) is 1.80. The number of carbonyl (C=O) groups excluding carboxylic acids is 1. The highest BCUT2D eigenvalue weighted by Gasteiger charge is 2.50. The van der Waals surface area contributed by atoms with Gasteiger partial charge in [0, 0.05) is 0 Å². The summed E-state index contributed by atoms with van der Waals surface area (Å²) in [5, 5.41) is 21.3. The minimum atomic E-state index is -0.571. The molecule has 4 rings (SSSR count). The van der Waals surface area contributed by atoms with Gasteiger partial charge in [-0.25, -0.2) is 4.79 Å². The molecule has 0 aliphatic heterocycles. The highest BCUT2D eigenvalue weighted by Crippen LogP contribution is 2.59. The number of rotatable bonds is 4. The molecular formula is C23H29N3O2.